The van der Waals surface area contributed by atoms with Gasteiger partial charge in [-0.05, 0) is 6.07 Å². The van der Waals surface area contributed by atoms with Crippen LogP contribution in [0.4, 0.5) is 0 Å². The molecule has 1 N–H and O–H groups in total. The number of hydrogen-bond acceptors (Lipinski definition) is 3. The van der Waals surface area contributed by atoms with Gasteiger partial charge >= 0.3 is 11.6 Å². The molecule has 4 nitrogen and oxygen atoms in total. The van der Waals surface area contributed by atoms with Gasteiger partial charge in [-0.1, -0.05) is 13.2 Å². The lowest BCUT2D eigenvalue weighted by Gasteiger charge is -1.90. The van der Waals surface area contributed by atoms with Gasteiger partial charge in [0.1, 0.15) is 11.0 Å². The minimum Gasteiger partial charge on any atom is -0.477 e. The molecule has 1 heterocycles. The first-order chi connectivity index (χ1) is 5.52. The Morgan fingerprint density at radius 3 is 2.58 bits per heavy atom. The quantitative estimate of drug-likeness (QED) is 0.590. The van der Waals surface area contributed by atoms with E-state index in [4.69, 9.17) is 5.11 Å². The van der Waals surface area contributed by atoms with Crippen LogP contribution in [0.15, 0.2) is 15.3 Å². The Morgan fingerprint density at radius 2 is 2.08 bits per heavy atom. The number of carbonyl (C=O) groups is 1. The van der Waals surface area contributed by atoms with Crippen LogP contribution < -0.4 is 16.3 Å². The number of carboxylic acids is 1. The summed E-state index contributed by atoms with van der Waals surface area (Å²) < 4.78 is 4.49. The molecule has 0 aliphatic carbocycles. The van der Waals surface area contributed by atoms with Gasteiger partial charge in [-0.3, -0.25) is 0 Å². The Morgan fingerprint density at radius 1 is 1.50 bits per heavy atom. The summed E-state index contributed by atoms with van der Waals surface area (Å²) in [6.45, 7) is 6.81. The van der Waals surface area contributed by atoms with E-state index >= 15 is 0 Å². The topological polar surface area (TPSA) is 67.5 Å². The third-order valence-electron chi connectivity index (χ3n) is 1.34. The fourth-order valence-electron chi connectivity index (χ4n) is 0.695. The van der Waals surface area contributed by atoms with Crippen molar-refractivity contribution in [3.05, 3.63) is 32.7 Å². The van der Waals surface area contributed by atoms with Crippen molar-refractivity contribution in [3.8, 4) is 0 Å². The molecule has 1 aromatic rings. The standard InChI is InChI=1S/C8H6O4/c1-4-3-6(7(9)10)8(11)12-5(4)2/h3H,1-2H2,(H,9,10). The van der Waals surface area contributed by atoms with Crippen molar-refractivity contribution in [2.45, 2.75) is 0 Å². The molecule has 4 heteroatoms. The van der Waals surface area contributed by atoms with Gasteiger partial charge in [0.05, 0.1) is 0 Å². The molecule has 0 aliphatic rings. The van der Waals surface area contributed by atoms with Crippen molar-refractivity contribution < 1.29 is 14.3 Å². The third kappa shape index (κ3) is 1.27. The number of rotatable bonds is 1. The second kappa shape index (κ2) is 2.65. The predicted octanol–water partition coefficient (Wildman–Crippen LogP) is -0.841. The van der Waals surface area contributed by atoms with E-state index in [0.29, 0.717) is 5.22 Å². The van der Waals surface area contributed by atoms with Crippen LogP contribution >= 0.6 is 0 Å². The SMILES string of the molecule is C=c1cc(C(=O)O)c(=O)oc1=C. The largest absolute Gasteiger partial charge is 0.477 e. The highest BCUT2D eigenvalue weighted by Gasteiger charge is 2.08. The highest BCUT2D eigenvalue weighted by atomic mass is 16.4. The molecule has 0 aromatic carbocycles. The van der Waals surface area contributed by atoms with Crippen LogP contribution in [0.2, 0.25) is 0 Å². The molecule has 0 saturated heterocycles. The van der Waals surface area contributed by atoms with Crippen LogP contribution in [0.25, 0.3) is 13.2 Å². The molecular formula is C8H6O4. The van der Waals surface area contributed by atoms with Gasteiger partial charge in [0, 0.05) is 5.22 Å². The first-order valence-corrected chi connectivity index (χ1v) is 3.07. The maximum Gasteiger partial charge on any atom is 0.350 e. The fraction of sp³-hybridized carbons (Fsp3) is 0. The predicted molar refractivity (Wildman–Crippen MR) is 42.2 cm³/mol. The van der Waals surface area contributed by atoms with Crippen molar-refractivity contribution >= 4 is 19.1 Å². The molecule has 0 saturated carbocycles. The zero-order chi connectivity index (χ0) is 9.30. The third-order valence-corrected chi connectivity index (χ3v) is 1.34. The second-order valence-electron chi connectivity index (χ2n) is 2.20. The van der Waals surface area contributed by atoms with E-state index in [2.05, 4.69) is 17.6 Å². The molecule has 0 spiro atoms. The summed E-state index contributed by atoms with van der Waals surface area (Å²) in [4.78, 5) is 21.2. The Balaban J connectivity index is 3.66. The molecule has 0 radical (unpaired) electrons. The molecule has 0 fully saturated rings. The minimum absolute atomic E-state index is 0.0880. The van der Waals surface area contributed by atoms with Crippen molar-refractivity contribution in [3.63, 3.8) is 0 Å². The van der Waals surface area contributed by atoms with Crippen LogP contribution in [-0.4, -0.2) is 11.1 Å². The smallest absolute Gasteiger partial charge is 0.350 e. The molecule has 62 valence electrons. The summed E-state index contributed by atoms with van der Waals surface area (Å²) >= 11 is 0. The number of carboxylic acid groups (broad SMARTS) is 1. The molecule has 12 heavy (non-hydrogen) atoms. The molecule has 0 amide bonds. The van der Waals surface area contributed by atoms with Gasteiger partial charge in [-0.15, -0.1) is 0 Å². The van der Waals surface area contributed by atoms with Crippen molar-refractivity contribution in [2.75, 3.05) is 0 Å². The summed E-state index contributed by atoms with van der Waals surface area (Å²) in [5, 5.41) is 8.77. The first kappa shape index (κ1) is 8.26. The number of aromatic carboxylic acids is 1. The molecule has 1 aromatic heterocycles. The van der Waals surface area contributed by atoms with Crippen LogP contribution in [0.3, 0.4) is 0 Å². The van der Waals surface area contributed by atoms with E-state index in [0.717, 1.165) is 6.07 Å². The van der Waals surface area contributed by atoms with Gasteiger partial charge in [0.2, 0.25) is 0 Å². The van der Waals surface area contributed by atoms with Crippen LogP contribution in [0, 0.1) is 0 Å². The highest BCUT2D eigenvalue weighted by molar-refractivity contribution is 5.86. The van der Waals surface area contributed by atoms with Gasteiger partial charge in [0.15, 0.2) is 0 Å². The summed E-state index contributed by atoms with van der Waals surface area (Å²) in [6, 6.07) is 1.14. The average molecular weight is 166 g/mol. The van der Waals surface area contributed by atoms with Crippen molar-refractivity contribution in [1.82, 2.24) is 0 Å². The zero-order valence-electron chi connectivity index (χ0n) is 6.16. The van der Waals surface area contributed by atoms with E-state index in [1.165, 1.54) is 0 Å². The van der Waals surface area contributed by atoms with E-state index < -0.39 is 17.2 Å². The summed E-state index contributed by atoms with van der Waals surface area (Å²) in [7, 11) is 0. The molecule has 1 rings (SSSR count). The highest BCUT2D eigenvalue weighted by Crippen LogP contribution is 1.82. The lowest BCUT2D eigenvalue weighted by molar-refractivity contribution is 0.0691. The monoisotopic (exact) mass is 166 g/mol. The normalized spacial score (nSPS) is 9.67. The number of hydrogen-bond donors (Lipinski definition) is 1. The van der Waals surface area contributed by atoms with Gasteiger partial charge in [0.25, 0.3) is 0 Å². The van der Waals surface area contributed by atoms with E-state index in [1.807, 2.05) is 0 Å². The lowest BCUT2D eigenvalue weighted by atomic mass is 10.3. The molecule has 0 unspecified atom stereocenters. The lowest BCUT2D eigenvalue weighted by Crippen LogP contribution is -2.30. The Labute approximate surface area is 67.1 Å². The van der Waals surface area contributed by atoms with Crippen molar-refractivity contribution in [1.29, 1.82) is 0 Å². The zero-order valence-corrected chi connectivity index (χ0v) is 6.16. The Hall–Kier alpha value is -1.84. The van der Waals surface area contributed by atoms with Crippen LogP contribution in [0.5, 0.6) is 0 Å². The van der Waals surface area contributed by atoms with E-state index in [-0.39, 0.29) is 5.42 Å². The maximum absolute atomic E-state index is 10.8. The van der Waals surface area contributed by atoms with Gasteiger partial charge in [-0.2, -0.15) is 0 Å². The summed E-state index contributed by atoms with van der Waals surface area (Å²) in [5.74, 6) is -1.33. The Kier molecular flexibility index (Phi) is 1.83. The summed E-state index contributed by atoms with van der Waals surface area (Å²) in [5.41, 5.74) is -1.24. The van der Waals surface area contributed by atoms with Gasteiger partial charge in [-0.25, -0.2) is 9.59 Å². The van der Waals surface area contributed by atoms with Crippen LogP contribution in [-0.2, 0) is 0 Å². The summed E-state index contributed by atoms with van der Waals surface area (Å²) in [6.07, 6.45) is 0. The van der Waals surface area contributed by atoms with E-state index in [9.17, 15) is 9.59 Å². The minimum atomic E-state index is -1.33. The second-order valence-corrected chi connectivity index (χ2v) is 2.20. The van der Waals surface area contributed by atoms with E-state index in [1.54, 1.807) is 0 Å². The molecule has 0 bridgehead atoms. The maximum atomic E-state index is 10.8. The van der Waals surface area contributed by atoms with Crippen LogP contribution in [0.1, 0.15) is 10.4 Å². The van der Waals surface area contributed by atoms with Crippen molar-refractivity contribution in [2.24, 2.45) is 0 Å². The van der Waals surface area contributed by atoms with Gasteiger partial charge < -0.3 is 9.52 Å². The average Bonchev–Trinajstić information content (AvgIpc) is 1.96. The first-order valence-electron chi connectivity index (χ1n) is 3.07. The Bertz CT molecular complexity index is 469. The molecular weight excluding hydrogens is 160 g/mol. The molecule has 0 aliphatic heterocycles. The fourth-order valence-corrected chi connectivity index (χ4v) is 0.695. The molecule has 0 atom stereocenters.